The summed E-state index contributed by atoms with van der Waals surface area (Å²) >= 11 is 0. The largest absolute Gasteiger partial charge is 0.444 e. The van der Waals surface area contributed by atoms with Crippen LogP contribution in [0.3, 0.4) is 0 Å². The SMILES string of the molecule is Cc1ccccc1[C@@H]1CNCCN1C(=O)OC(C)(C)C. The molecule has 4 heteroatoms. The molecule has 1 heterocycles. The highest BCUT2D eigenvalue weighted by Crippen LogP contribution is 2.26. The van der Waals surface area contributed by atoms with E-state index in [1.165, 1.54) is 11.1 Å². The van der Waals surface area contributed by atoms with Crippen LogP contribution in [0.2, 0.25) is 0 Å². The zero-order valence-corrected chi connectivity index (χ0v) is 12.8. The Morgan fingerprint density at radius 3 is 2.70 bits per heavy atom. The molecular formula is C16H24N2O2. The van der Waals surface area contributed by atoms with Gasteiger partial charge in [-0.2, -0.15) is 0 Å². The minimum atomic E-state index is -0.460. The first-order valence-electron chi connectivity index (χ1n) is 7.14. The Bertz CT molecular complexity index is 480. The van der Waals surface area contributed by atoms with E-state index in [1.54, 1.807) is 0 Å². The third kappa shape index (κ3) is 3.51. The van der Waals surface area contributed by atoms with Gasteiger partial charge in [0.15, 0.2) is 0 Å². The summed E-state index contributed by atoms with van der Waals surface area (Å²) in [6.07, 6.45) is -0.229. The first-order chi connectivity index (χ1) is 9.38. The van der Waals surface area contributed by atoms with Crippen molar-refractivity contribution in [3.8, 4) is 0 Å². The van der Waals surface area contributed by atoms with Gasteiger partial charge in [-0.15, -0.1) is 0 Å². The van der Waals surface area contributed by atoms with E-state index in [0.29, 0.717) is 6.54 Å². The molecule has 1 aliphatic rings. The number of carbonyl (C=O) groups is 1. The Balaban J connectivity index is 2.22. The first kappa shape index (κ1) is 14.9. The molecular weight excluding hydrogens is 252 g/mol. The molecule has 1 saturated heterocycles. The third-order valence-electron chi connectivity index (χ3n) is 3.42. The summed E-state index contributed by atoms with van der Waals surface area (Å²) in [6, 6.07) is 8.25. The molecule has 4 nitrogen and oxygen atoms in total. The molecule has 1 aliphatic heterocycles. The molecule has 2 rings (SSSR count). The summed E-state index contributed by atoms with van der Waals surface area (Å²) in [7, 11) is 0. The third-order valence-corrected chi connectivity index (χ3v) is 3.42. The lowest BCUT2D eigenvalue weighted by atomic mass is 9.99. The van der Waals surface area contributed by atoms with E-state index in [9.17, 15) is 4.79 Å². The number of nitrogens with one attached hydrogen (secondary N) is 1. The average Bonchev–Trinajstić information content (AvgIpc) is 2.37. The van der Waals surface area contributed by atoms with Crippen molar-refractivity contribution in [1.29, 1.82) is 0 Å². The van der Waals surface area contributed by atoms with Crippen molar-refractivity contribution in [3.63, 3.8) is 0 Å². The molecule has 20 heavy (non-hydrogen) atoms. The number of benzene rings is 1. The van der Waals surface area contributed by atoms with Crippen LogP contribution in [0, 0.1) is 6.92 Å². The summed E-state index contributed by atoms with van der Waals surface area (Å²) < 4.78 is 5.53. The number of piperazine rings is 1. The molecule has 0 aromatic heterocycles. The zero-order valence-electron chi connectivity index (χ0n) is 12.8. The van der Waals surface area contributed by atoms with Gasteiger partial charge in [0.25, 0.3) is 0 Å². The van der Waals surface area contributed by atoms with Crippen LogP contribution >= 0.6 is 0 Å². The predicted molar refractivity (Wildman–Crippen MR) is 79.7 cm³/mol. The molecule has 1 amide bonds. The van der Waals surface area contributed by atoms with Crippen LogP contribution in [-0.4, -0.2) is 36.2 Å². The van der Waals surface area contributed by atoms with Gasteiger partial charge in [0.2, 0.25) is 0 Å². The van der Waals surface area contributed by atoms with Crippen LogP contribution in [0.5, 0.6) is 0 Å². The van der Waals surface area contributed by atoms with Gasteiger partial charge in [0, 0.05) is 19.6 Å². The first-order valence-corrected chi connectivity index (χ1v) is 7.14. The monoisotopic (exact) mass is 276 g/mol. The molecule has 0 unspecified atom stereocenters. The van der Waals surface area contributed by atoms with Crippen molar-refractivity contribution < 1.29 is 9.53 Å². The van der Waals surface area contributed by atoms with Gasteiger partial charge in [0.1, 0.15) is 5.60 Å². The van der Waals surface area contributed by atoms with E-state index >= 15 is 0 Å². The maximum atomic E-state index is 12.4. The van der Waals surface area contributed by atoms with Gasteiger partial charge in [-0.1, -0.05) is 24.3 Å². The Labute approximate surface area is 121 Å². The van der Waals surface area contributed by atoms with E-state index in [0.717, 1.165) is 13.1 Å². The molecule has 1 aromatic rings. The lowest BCUT2D eigenvalue weighted by Gasteiger charge is -2.38. The molecule has 0 aliphatic carbocycles. The summed E-state index contributed by atoms with van der Waals surface area (Å²) in [4.78, 5) is 14.2. The van der Waals surface area contributed by atoms with Crippen molar-refractivity contribution in [3.05, 3.63) is 35.4 Å². The molecule has 1 atom stereocenters. The number of hydrogen-bond donors (Lipinski definition) is 1. The summed E-state index contributed by atoms with van der Waals surface area (Å²) in [5.74, 6) is 0. The highest BCUT2D eigenvalue weighted by Gasteiger charge is 2.31. The minimum absolute atomic E-state index is 0.0415. The number of rotatable bonds is 1. The number of nitrogens with zero attached hydrogens (tertiary/aromatic N) is 1. The standard InChI is InChI=1S/C16H24N2O2/c1-12-7-5-6-8-13(12)14-11-17-9-10-18(14)15(19)20-16(2,3)4/h5-8,14,17H,9-11H2,1-4H3/t14-/m0/s1. The fourth-order valence-electron chi connectivity index (χ4n) is 2.48. The second kappa shape index (κ2) is 5.83. The normalized spacial score (nSPS) is 19.8. The van der Waals surface area contributed by atoms with Gasteiger partial charge in [-0.3, -0.25) is 4.90 Å². The number of ether oxygens (including phenoxy) is 1. The Morgan fingerprint density at radius 2 is 2.05 bits per heavy atom. The molecule has 1 aromatic carbocycles. The maximum absolute atomic E-state index is 12.4. The van der Waals surface area contributed by atoms with Crippen LogP contribution < -0.4 is 5.32 Å². The lowest BCUT2D eigenvalue weighted by molar-refractivity contribution is 0.0117. The number of amides is 1. The van der Waals surface area contributed by atoms with Crippen molar-refractivity contribution >= 4 is 6.09 Å². The van der Waals surface area contributed by atoms with Crippen molar-refractivity contribution in [2.75, 3.05) is 19.6 Å². The highest BCUT2D eigenvalue weighted by atomic mass is 16.6. The van der Waals surface area contributed by atoms with Crippen LogP contribution in [0.1, 0.15) is 37.9 Å². The summed E-state index contributed by atoms with van der Waals surface area (Å²) in [5, 5.41) is 3.36. The minimum Gasteiger partial charge on any atom is -0.444 e. The van der Waals surface area contributed by atoms with E-state index in [2.05, 4.69) is 24.4 Å². The predicted octanol–water partition coefficient (Wildman–Crippen LogP) is 2.88. The molecule has 110 valence electrons. The van der Waals surface area contributed by atoms with Gasteiger partial charge >= 0.3 is 6.09 Å². The van der Waals surface area contributed by atoms with Crippen LogP contribution in [0.4, 0.5) is 4.79 Å². The van der Waals surface area contributed by atoms with Gasteiger partial charge < -0.3 is 10.1 Å². The summed E-state index contributed by atoms with van der Waals surface area (Å²) in [5.41, 5.74) is 1.93. The molecule has 0 spiro atoms. The Morgan fingerprint density at radius 1 is 1.35 bits per heavy atom. The van der Waals surface area contributed by atoms with Crippen LogP contribution in [0.15, 0.2) is 24.3 Å². The van der Waals surface area contributed by atoms with E-state index < -0.39 is 5.60 Å². The molecule has 1 N–H and O–H groups in total. The van der Waals surface area contributed by atoms with Gasteiger partial charge in [-0.05, 0) is 38.8 Å². The maximum Gasteiger partial charge on any atom is 0.410 e. The Kier molecular flexibility index (Phi) is 4.33. The molecule has 0 radical (unpaired) electrons. The van der Waals surface area contributed by atoms with Gasteiger partial charge in [0.05, 0.1) is 6.04 Å². The Hall–Kier alpha value is -1.55. The number of aryl methyl sites for hydroxylation is 1. The zero-order chi connectivity index (χ0) is 14.8. The van der Waals surface area contributed by atoms with Crippen molar-refractivity contribution in [1.82, 2.24) is 10.2 Å². The fraction of sp³-hybridized carbons (Fsp3) is 0.562. The average molecular weight is 276 g/mol. The second-order valence-corrected chi connectivity index (χ2v) is 6.25. The lowest BCUT2D eigenvalue weighted by Crippen LogP contribution is -2.50. The highest BCUT2D eigenvalue weighted by molar-refractivity contribution is 5.69. The van der Waals surface area contributed by atoms with E-state index in [1.807, 2.05) is 37.8 Å². The number of carbonyl (C=O) groups excluding carboxylic acids is 1. The second-order valence-electron chi connectivity index (χ2n) is 6.25. The topological polar surface area (TPSA) is 41.6 Å². The summed E-state index contributed by atoms with van der Waals surface area (Å²) in [6.45, 7) is 10.0. The van der Waals surface area contributed by atoms with Crippen molar-refractivity contribution in [2.45, 2.75) is 39.3 Å². The molecule has 0 saturated carbocycles. The van der Waals surface area contributed by atoms with Crippen molar-refractivity contribution in [2.24, 2.45) is 0 Å². The smallest absolute Gasteiger partial charge is 0.410 e. The molecule has 1 fully saturated rings. The number of hydrogen-bond acceptors (Lipinski definition) is 3. The van der Waals surface area contributed by atoms with E-state index in [4.69, 9.17) is 4.74 Å². The quantitative estimate of drug-likeness (QED) is 0.857. The van der Waals surface area contributed by atoms with Crippen LogP contribution in [-0.2, 0) is 4.74 Å². The van der Waals surface area contributed by atoms with E-state index in [-0.39, 0.29) is 12.1 Å². The van der Waals surface area contributed by atoms with Gasteiger partial charge in [-0.25, -0.2) is 4.79 Å². The molecule has 0 bridgehead atoms. The van der Waals surface area contributed by atoms with Crippen LogP contribution in [0.25, 0.3) is 0 Å². The fourth-order valence-corrected chi connectivity index (χ4v) is 2.48.